The van der Waals surface area contributed by atoms with Gasteiger partial charge in [0, 0.05) is 17.3 Å². The molecule has 122 valence electrons. The summed E-state index contributed by atoms with van der Waals surface area (Å²) in [5.41, 5.74) is 1.56. The zero-order valence-electron chi connectivity index (χ0n) is 12.4. The highest BCUT2D eigenvalue weighted by Gasteiger charge is 2.38. The SMILES string of the molecule is CCOc1ccc(-c2ccc(C)c(NC(=O)C(F)(F)F)c2)nn1. The summed E-state index contributed by atoms with van der Waals surface area (Å²) in [4.78, 5) is 11.1. The number of rotatable bonds is 4. The Morgan fingerprint density at radius 2 is 1.96 bits per heavy atom. The van der Waals surface area contributed by atoms with Crippen molar-refractivity contribution in [2.75, 3.05) is 11.9 Å². The van der Waals surface area contributed by atoms with Gasteiger partial charge in [-0.15, -0.1) is 10.2 Å². The first-order valence-corrected chi connectivity index (χ1v) is 6.77. The second-order valence-corrected chi connectivity index (χ2v) is 4.67. The van der Waals surface area contributed by atoms with Gasteiger partial charge in [-0.1, -0.05) is 12.1 Å². The van der Waals surface area contributed by atoms with Crippen LogP contribution >= 0.6 is 0 Å². The molecule has 1 amide bonds. The van der Waals surface area contributed by atoms with Crippen molar-refractivity contribution in [2.45, 2.75) is 20.0 Å². The lowest BCUT2D eigenvalue weighted by Gasteiger charge is -2.12. The van der Waals surface area contributed by atoms with Crippen LogP contribution in [0.2, 0.25) is 0 Å². The molecular weight excluding hydrogens is 311 g/mol. The van der Waals surface area contributed by atoms with Crippen molar-refractivity contribution in [3.05, 3.63) is 35.9 Å². The summed E-state index contributed by atoms with van der Waals surface area (Å²) in [6.07, 6.45) is -4.94. The number of alkyl halides is 3. The average Bonchev–Trinajstić information content (AvgIpc) is 2.49. The number of carbonyl (C=O) groups excluding carboxylic acids is 1. The fourth-order valence-corrected chi connectivity index (χ4v) is 1.81. The van der Waals surface area contributed by atoms with Crippen LogP contribution in [0.25, 0.3) is 11.3 Å². The zero-order chi connectivity index (χ0) is 17.0. The van der Waals surface area contributed by atoms with E-state index in [-0.39, 0.29) is 5.69 Å². The van der Waals surface area contributed by atoms with E-state index in [1.54, 1.807) is 31.2 Å². The molecule has 0 aliphatic rings. The summed E-state index contributed by atoms with van der Waals surface area (Å²) in [6, 6.07) is 7.95. The lowest BCUT2D eigenvalue weighted by molar-refractivity contribution is -0.167. The van der Waals surface area contributed by atoms with Crippen LogP contribution in [-0.4, -0.2) is 28.9 Å². The van der Waals surface area contributed by atoms with Gasteiger partial charge in [0.25, 0.3) is 0 Å². The van der Waals surface area contributed by atoms with E-state index in [0.717, 1.165) is 0 Å². The highest BCUT2D eigenvalue weighted by atomic mass is 19.4. The molecule has 0 spiro atoms. The van der Waals surface area contributed by atoms with Crippen LogP contribution in [0.3, 0.4) is 0 Å². The number of ether oxygens (including phenoxy) is 1. The number of anilines is 1. The quantitative estimate of drug-likeness (QED) is 0.936. The molecule has 0 radical (unpaired) electrons. The maximum absolute atomic E-state index is 12.4. The molecule has 0 bridgehead atoms. The van der Waals surface area contributed by atoms with Crippen LogP contribution in [0.1, 0.15) is 12.5 Å². The van der Waals surface area contributed by atoms with Gasteiger partial charge in [0.05, 0.1) is 12.3 Å². The molecule has 0 saturated carbocycles. The van der Waals surface area contributed by atoms with Crippen molar-refractivity contribution in [3.8, 4) is 17.1 Å². The number of benzene rings is 1. The van der Waals surface area contributed by atoms with Gasteiger partial charge in [0.15, 0.2) is 0 Å². The molecule has 23 heavy (non-hydrogen) atoms. The molecule has 1 heterocycles. The first-order chi connectivity index (χ1) is 10.8. The Hall–Kier alpha value is -2.64. The van der Waals surface area contributed by atoms with Gasteiger partial charge < -0.3 is 10.1 Å². The maximum atomic E-state index is 12.4. The third kappa shape index (κ3) is 4.18. The first-order valence-electron chi connectivity index (χ1n) is 6.77. The molecule has 0 fully saturated rings. The minimum absolute atomic E-state index is 0.0699. The molecule has 1 aromatic heterocycles. The molecule has 0 atom stereocenters. The highest BCUT2D eigenvalue weighted by Crippen LogP contribution is 2.26. The van der Waals surface area contributed by atoms with E-state index in [4.69, 9.17) is 4.74 Å². The minimum Gasteiger partial charge on any atom is -0.477 e. The summed E-state index contributed by atoms with van der Waals surface area (Å²) in [5, 5.41) is 9.67. The van der Waals surface area contributed by atoms with E-state index in [1.807, 2.05) is 12.2 Å². The number of halogens is 3. The van der Waals surface area contributed by atoms with Gasteiger partial charge in [-0.25, -0.2) is 0 Å². The predicted octanol–water partition coefficient (Wildman–Crippen LogP) is 3.35. The minimum atomic E-state index is -4.94. The number of aromatic nitrogens is 2. The smallest absolute Gasteiger partial charge is 0.471 e. The van der Waals surface area contributed by atoms with Crippen LogP contribution in [-0.2, 0) is 4.79 Å². The second kappa shape index (κ2) is 6.64. The summed E-state index contributed by atoms with van der Waals surface area (Å²) in [7, 11) is 0. The fourth-order valence-electron chi connectivity index (χ4n) is 1.81. The van der Waals surface area contributed by atoms with E-state index in [9.17, 15) is 18.0 Å². The van der Waals surface area contributed by atoms with E-state index >= 15 is 0 Å². The van der Waals surface area contributed by atoms with E-state index in [0.29, 0.717) is 29.3 Å². The van der Waals surface area contributed by atoms with Crippen molar-refractivity contribution in [1.82, 2.24) is 10.2 Å². The molecule has 0 saturated heterocycles. The first kappa shape index (κ1) is 16.7. The third-order valence-corrected chi connectivity index (χ3v) is 2.97. The molecule has 8 heteroatoms. The Balaban J connectivity index is 2.27. The molecule has 2 rings (SSSR count). The van der Waals surface area contributed by atoms with Crippen LogP contribution in [0.5, 0.6) is 5.88 Å². The lowest BCUT2D eigenvalue weighted by atomic mass is 10.1. The molecule has 0 aliphatic heterocycles. The van der Waals surface area contributed by atoms with Gasteiger partial charge in [0.1, 0.15) is 0 Å². The Morgan fingerprint density at radius 1 is 1.22 bits per heavy atom. The monoisotopic (exact) mass is 325 g/mol. The normalized spacial score (nSPS) is 11.2. The fraction of sp³-hybridized carbons (Fsp3) is 0.267. The predicted molar refractivity (Wildman–Crippen MR) is 78.1 cm³/mol. The second-order valence-electron chi connectivity index (χ2n) is 4.67. The van der Waals surface area contributed by atoms with Gasteiger partial charge in [-0.3, -0.25) is 4.79 Å². The molecule has 0 aliphatic carbocycles. The zero-order valence-corrected chi connectivity index (χ0v) is 12.4. The van der Waals surface area contributed by atoms with Gasteiger partial charge >= 0.3 is 12.1 Å². The highest BCUT2D eigenvalue weighted by molar-refractivity contribution is 5.96. The molecular formula is C15H14F3N3O2. The Kier molecular flexibility index (Phi) is 4.83. The number of hydrogen-bond donors (Lipinski definition) is 1. The number of aryl methyl sites for hydroxylation is 1. The summed E-state index contributed by atoms with van der Waals surface area (Å²) < 4.78 is 42.3. The molecule has 0 unspecified atom stereocenters. The van der Waals surface area contributed by atoms with Gasteiger partial charge in [0.2, 0.25) is 5.88 Å². The summed E-state index contributed by atoms with van der Waals surface area (Å²) in [6.45, 7) is 3.86. The van der Waals surface area contributed by atoms with Crippen molar-refractivity contribution >= 4 is 11.6 Å². The number of carbonyl (C=O) groups is 1. The van der Waals surface area contributed by atoms with Crippen molar-refractivity contribution in [2.24, 2.45) is 0 Å². The van der Waals surface area contributed by atoms with E-state index < -0.39 is 12.1 Å². The lowest BCUT2D eigenvalue weighted by Crippen LogP contribution is -2.30. The molecule has 1 aromatic carbocycles. The average molecular weight is 325 g/mol. The number of hydrogen-bond acceptors (Lipinski definition) is 4. The number of amides is 1. The van der Waals surface area contributed by atoms with Crippen molar-refractivity contribution in [1.29, 1.82) is 0 Å². The third-order valence-electron chi connectivity index (χ3n) is 2.97. The summed E-state index contributed by atoms with van der Waals surface area (Å²) in [5.74, 6) is -1.66. The molecule has 1 N–H and O–H groups in total. The number of nitrogens with one attached hydrogen (secondary N) is 1. The standard InChI is InChI=1S/C15H14F3N3O2/c1-3-23-13-7-6-11(20-21-13)10-5-4-9(2)12(8-10)19-14(22)15(16,17)18/h4-8H,3H2,1-2H3,(H,19,22). The van der Waals surface area contributed by atoms with Crippen molar-refractivity contribution in [3.63, 3.8) is 0 Å². The Bertz CT molecular complexity index is 700. The van der Waals surface area contributed by atoms with E-state index in [1.165, 1.54) is 6.07 Å². The summed E-state index contributed by atoms with van der Waals surface area (Å²) >= 11 is 0. The van der Waals surface area contributed by atoms with Gasteiger partial charge in [-0.2, -0.15) is 13.2 Å². The van der Waals surface area contributed by atoms with Crippen LogP contribution in [0.15, 0.2) is 30.3 Å². The number of nitrogens with zero attached hydrogens (tertiary/aromatic N) is 2. The van der Waals surface area contributed by atoms with Crippen LogP contribution in [0, 0.1) is 6.92 Å². The molecule has 5 nitrogen and oxygen atoms in total. The van der Waals surface area contributed by atoms with Gasteiger partial charge in [-0.05, 0) is 31.5 Å². The maximum Gasteiger partial charge on any atom is 0.471 e. The Labute approximate surface area is 130 Å². The molecule has 2 aromatic rings. The largest absolute Gasteiger partial charge is 0.477 e. The van der Waals surface area contributed by atoms with Crippen LogP contribution < -0.4 is 10.1 Å². The topological polar surface area (TPSA) is 64.1 Å². The van der Waals surface area contributed by atoms with Crippen LogP contribution in [0.4, 0.5) is 18.9 Å². The Morgan fingerprint density at radius 3 is 2.52 bits per heavy atom. The van der Waals surface area contributed by atoms with Crippen molar-refractivity contribution < 1.29 is 22.7 Å². The van der Waals surface area contributed by atoms with E-state index in [2.05, 4.69) is 10.2 Å².